The van der Waals surface area contributed by atoms with Gasteiger partial charge in [0.1, 0.15) is 0 Å². The number of nitrogens with zero attached hydrogens (tertiary/aromatic N) is 2. The molecule has 5 heteroatoms. The van der Waals surface area contributed by atoms with Crippen LogP contribution in [0.25, 0.3) is 0 Å². The molecule has 0 bridgehead atoms. The minimum atomic E-state index is -0.488. The van der Waals surface area contributed by atoms with Gasteiger partial charge in [-0.3, -0.25) is 9.79 Å². The molecule has 1 atom stereocenters. The average Bonchev–Trinajstić information content (AvgIpc) is 2.50. The van der Waals surface area contributed by atoms with E-state index in [-0.39, 0.29) is 5.91 Å². The lowest BCUT2D eigenvalue weighted by molar-refractivity contribution is -0.128. The third kappa shape index (κ3) is 5.70. The predicted molar refractivity (Wildman–Crippen MR) is 97.6 cm³/mol. The van der Waals surface area contributed by atoms with E-state index in [1.54, 1.807) is 7.05 Å². The van der Waals surface area contributed by atoms with E-state index in [9.17, 15) is 4.79 Å². The molecule has 1 amide bonds. The minimum Gasteiger partial charge on any atom is -0.359 e. The van der Waals surface area contributed by atoms with Crippen molar-refractivity contribution in [3.63, 3.8) is 0 Å². The normalized spacial score (nSPS) is 22.9. The molecule has 0 aliphatic carbocycles. The lowest BCUT2D eigenvalue weighted by Gasteiger charge is -2.42. The molecule has 23 heavy (non-hydrogen) atoms. The molecule has 0 aromatic rings. The first-order valence-corrected chi connectivity index (χ1v) is 9.03. The molecule has 1 rings (SSSR count). The number of aliphatic imine (C=N–C) groups is 1. The highest BCUT2D eigenvalue weighted by atomic mass is 16.2. The van der Waals surface area contributed by atoms with Crippen molar-refractivity contribution in [1.82, 2.24) is 15.5 Å². The van der Waals surface area contributed by atoms with Gasteiger partial charge in [0.25, 0.3) is 0 Å². The number of hydrogen-bond donors (Lipinski definition) is 2. The number of rotatable bonds is 6. The molecule has 0 aromatic heterocycles. The lowest BCUT2D eigenvalue weighted by Crippen LogP contribution is -2.50. The van der Waals surface area contributed by atoms with Gasteiger partial charge >= 0.3 is 0 Å². The minimum absolute atomic E-state index is 0.0339. The molecule has 134 valence electrons. The highest BCUT2D eigenvalue weighted by molar-refractivity contribution is 5.83. The molecule has 1 unspecified atom stereocenters. The lowest BCUT2D eigenvalue weighted by atomic mass is 9.78. The van der Waals surface area contributed by atoms with Gasteiger partial charge < -0.3 is 15.5 Å². The highest BCUT2D eigenvalue weighted by Crippen LogP contribution is 2.34. The molecule has 2 N–H and O–H groups in total. The molecule has 0 radical (unpaired) electrons. The molecule has 1 aliphatic rings. The van der Waals surface area contributed by atoms with Crippen molar-refractivity contribution in [2.45, 2.75) is 60.3 Å². The van der Waals surface area contributed by atoms with E-state index >= 15 is 0 Å². The molecular formula is C18H36N4O. The van der Waals surface area contributed by atoms with Crippen LogP contribution in [-0.2, 0) is 4.79 Å². The van der Waals surface area contributed by atoms with Crippen LogP contribution in [0.1, 0.15) is 60.3 Å². The Kier molecular flexibility index (Phi) is 7.36. The summed E-state index contributed by atoms with van der Waals surface area (Å²) in [6, 6.07) is 0. The van der Waals surface area contributed by atoms with E-state index in [1.165, 1.54) is 25.7 Å². The molecule has 0 spiro atoms. The highest BCUT2D eigenvalue weighted by Gasteiger charge is 2.32. The topological polar surface area (TPSA) is 56.7 Å². The maximum absolute atomic E-state index is 12.0. The van der Waals surface area contributed by atoms with Crippen molar-refractivity contribution in [1.29, 1.82) is 0 Å². The number of piperidine rings is 1. The SMILES string of the molecule is CCCC1(C)CCCN(C(=NCC(C)(C)C(=O)NC)NCC)C1. The van der Waals surface area contributed by atoms with E-state index in [0.717, 1.165) is 25.6 Å². The maximum atomic E-state index is 12.0. The van der Waals surface area contributed by atoms with Crippen LogP contribution in [0.2, 0.25) is 0 Å². The van der Waals surface area contributed by atoms with Crippen LogP contribution in [0.15, 0.2) is 4.99 Å². The van der Waals surface area contributed by atoms with Crippen molar-refractivity contribution < 1.29 is 4.79 Å². The summed E-state index contributed by atoms with van der Waals surface area (Å²) in [5.74, 6) is 0.984. The monoisotopic (exact) mass is 324 g/mol. The molecule has 1 heterocycles. The van der Waals surface area contributed by atoms with Gasteiger partial charge in [-0.25, -0.2) is 0 Å². The largest absolute Gasteiger partial charge is 0.359 e. The number of nitrogens with one attached hydrogen (secondary N) is 2. The number of guanidine groups is 1. The van der Waals surface area contributed by atoms with Crippen molar-refractivity contribution in [2.75, 3.05) is 33.2 Å². The molecular weight excluding hydrogens is 288 g/mol. The summed E-state index contributed by atoms with van der Waals surface area (Å²) in [5, 5.41) is 6.13. The number of hydrogen-bond acceptors (Lipinski definition) is 2. The molecule has 1 fully saturated rings. The average molecular weight is 325 g/mol. The molecule has 1 aliphatic heterocycles. The smallest absolute Gasteiger partial charge is 0.227 e. The number of carbonyl (C=O) groups is 1. The van der Waals surface area contributed by atoms with Gasteiger partial charge in [-0.15, -0.1) is 0 Å². The van der Waals surface area contributed by atoms with Crippen molar-refractivity contribution in [3.8, 4) is 0 Å². The Labute approximate surface area is 142 Å². The van der Waals surface area contributed by atoms with E-state index < -0.39 is 5.41 Å². The summed E-state index contributed by atoms with van der Waals surface area (Å²) < 4.78 is 0. The first-order chi connectivity index (χ1) is 10.8. The van der Waals surface area contributed by atoms with Crippen LogP contribution in [0.4, 0.5) is 0 Å². The maximum Gasteiger partial charge on any atom is 0.227 e. The third-order valence-electron chi connectivity index (χ3n) is 4.73. The van der Waals surface area contributed by atoms with Gasteiger partial charge in [0.05, 0.1) is 12.0 Å². The van der Waals surface area contributed by atoms with Crippen molar-refractivity contribution in [3.05, 3.63) is 0 Å². The summed E-state index contributed by atoms with van der Waals surface area (Å²) in [4.78, 5) is 19.1. The quantitative estimate of drug-likeness (QED) is 0.583. The first kappa shape index (κ1) is 19.8. The van der Waals surface area contributed by atoms with Crippen LogP contribution in [0.3, 0.4) is 0 Å². The van der Waals surface area contributed by atoms with Gasteiger partial charge in [0.2, 0.25) is 5.91 Å². The second-order valence-corrected chi connectivity index (χ2v) is 7.72. The number of amides is 1. The number of likely N-dealkylation sites (tertiary alicyclic amines) is 1. The van der Waals surface area contributed by atoms with E-state index in [1.807, 2.05) is 13.8 Å². The Morgan fingerprint density at radius 2 is 2.04 bits per heavy atom. The summed E-state index contributed by atoms with van der Waals surface area (Å²) >= 11 is 0. The fourth-order valence-corrected chi connectivity index (χ4v) is 3.41. The van der Waals surface area contributed by atoms with E-state index in [2.05, 4.69) is 36.3 Å². The summed E-state index contributed by atoms with van der Waals surface area (Å²) in [6.45, 7) is 14.1. The van der Waals surface area contributed by atoms with Gasteiger partial charge in [-0.2, -0.15) is 0 Å². The van der Waals surface area contributed by atoms with Gasteiger partial charge in [-0.05, 0) is 45.4 Å². The molecule has 0 aromatic carbocycles. The third-order valence-corrected chi connectivity index (χ3v) is 4.73. The molecule has 0 saturated carbocycles. The second kappa shape index (κ2) is 8.55. The zero-order valence-electron chi connectivity index (χ0n) is 16.0. The van der Waals surface area contributed by atoms with Crippen LogP contribution in [0, 0.1) is 10.8 Å². The Morgan fingerprint density at radius 3 is 2.61 bits per heavy atom. The summed E-state index contributed by atoms with van der Waals surface area (Å²) in [5.41, 5.74) is -0.114. The summed E-state index contributed by atoms with van der Waals surface area (Å²) in [6.07, 6.45) is 4.98. The zero-order chi connectivity index (χ0) is 17.5. The van der Waals surface area contributed by atoms with Crippen LogP contribution in [-0.4, -0.2) is 50.0 Å². The van der Waals surface area contributed by atoms with E-state index in [4.69, 9.17) is 4.99 Å². The van der Waals surface area contributed by atoms with E-state index in [0.29, 0.717) is 12.0 Å². The van der Waals surface area contributed by atoms with Crippen LogP contribution < -0.4 is 10.6 Å². The fourth-order valence-electron chi connectivity index (χ4n) is 3.41. The van der Waals surface area contributed by atoms with Crippen LogP contribution >= 0.6 is 0 Å². The Balaban J connectivity index is 2.84. The first-order valence-electron chi connectivity index (χ1n) is 9.03. The second-order valence-electron chi connectivity index (χ2n) is 7.72. The van der Waals surface area contributed by atoms with Gasteiger partial charge in [-0.1, -0.05) is 20.3 Å². The Hall–Kier alpha value is -1.26. The van der Waals surface area contributed by atoms with Gasteiger partial charge in [0, 0.05) is 26.7 Å². The Bertz CT molecular complexity index is 415. The molecule has 5 nitrogen and oxygen atoms in total. The summed E-state index contributed by atoms with van der Waals surface area (Å²) in [7, 11) is 1.68. The fraction of sp³-hybridized carbons (Fsp3) is 0.889. The Morgan fingerprint density at radius 1 is 1.35 bits per heavy atom. The number of carbonyl (C=O) groups excluding carboxylic acids is 1. The molecule has 1 saturated heterocycles. The predicted octanol–water partition coefficient (Wildman–Crippen LogP) is 2.63. The zero-order valence-corrected chi connectivity index (χ0v) is 16.0. The van der Waals surface area contributed by atoms with Crippen molar-refractivity contribution in [2.24, 2.45) is 15.8 Å². The van der Waals surface area contributed by atoms with Crippen molar-refractivity contribution >= 4 is 11.9 Å². The van der Waals surface area contributed by atoms with Gasteiger partial charge in [0.15, 0.2) is 5.96 Å². The standard InChI is InChI=1S/C18H36N4O/c1-7-10-18(5)11-9-12-22(14-18)16(20-8-2)21-13-17(3,4)15(23)19-6/h7-14H2,1-6H3,(H,19,23)(H,20,21). The van der Waals surface area contributed by atoms with Crippen LogP contribution in [0.5, 0.6) is 0 Å².